The van der Waals surface area contributed by atoms with Crippen LogP contribution in [0.25, 0.3) is 0 Å². The van der Waals surface area contributed by atoms with Gasteiger partial charge in [-0.1, -0.05) is 30.3 Å². The Morgan fingerprint density at radius 1 is 1.06 bits per heavy atom. The van der Waals surface area contributed by atoms with Crippen LogP contribution in [0.2, 0.25) is 0 Å². The number of alkyl carbamates (subject to hydrolysis) is 1. The van der Waals surface area contributed by atoms with Gasteiger partial charge in [-0.3, -0.25) is 14.4 Å². The Morgan fingerprint density at radius 3 is 2.21 bits per heavy atom. The summed E-state index contributed by atoms with van der Waals surface area (Å²) >= 11 is 0. The van der Waals surface area contributed by atoms with E-state index in [2.05, 4.69) is 16.0 Å². The Hall–Kier alpha value is -3.67. The molecule has 1 aromatic carbocycles. The van der Waals surface area contributed by atoms with E-state index in [1.807, 2.05) is 0 Å². The quantitative estimate of drug-likeness (QED) is 0.274. The monoisotopic (exact) mass is 466 g/mol. The molecule has 0 bridgehead atoms. The molecule has 0 aliphatic heterocycles. The van der Waals surface area contributed by atoms with Crippen LogP contribution in [0.3, 0.4) is 0 Å². The largest absolute Gasteiger partial charge is 0.459 e. The molecule has 0 aliphatic carbocycles. The number of carbonyl (C=O) groups excluding carboxylic acids is 5. The number of nitrogens with one attached hydrogen (secondary N) is 3. The minimum absolute atomic E-state index is 0.0275. The van der Waals surface area contributed by atoms with Gasteiger partial charge in [-0.2, -0.15) is 0 Å². The number of carbonyl (C=O) groups is 5. The fourth-order valence-corrected chi connectivity index (χ4v) is 2.36. The van der Waals surface area contributed by atoms with Gasteiger partial charge >= 0.3 is 12.1 Å². The topological polar surface area (TPSA) is 186 Å². The molecule has 0 spiro atoms. The van der Waals surface area contributed by atoms with E-state index in [0.717, 1.165) is 5.56 Å². The summed E-state index contributed by atoms with van der Waals surface area (Å²) in [6, 6.07) is 5.85. The molecule has 0 aliphatic rings. The first-order valence-corrected chi connectivity index (χ1v) is 10.0. The number of hydrogen-bond acceptors (Lipinski definition) is 8. The van der Waals surface area contributed by atoms with Crippen molar-refractivity contribution in [1.29, 1.82) is 0 Å². The second kappa shape index (κ2) is 12.4. The Balaban J connectivity index is 2.68. The van der Waals surface area contributed by atoms with Crippen LogP contribution in [0.4, 0.5) is 4.79 Å². The number of rotatable bonds is 10. The molecule has 1 rings (SSSR count). The maximum Gasteiger partial charge on any atom is 0.408 e. The highest BCUT2D eigenvalue weighted by atomic mass is 16.6. The number of amides is 4. The standard InChI is InChI=1S/C21H30N4O8/c1-12(19(30)32-11-13-8-6-5-7-9-13)24-18(29)15(16(27)17(22)28)25-14(26)10-23-20(31)33-21(2,3)4/h5-9,12,15-16,27H,10-11H2,1-4H3,(H2,22,28)(H,23,31)(H,24,29)(H,25,26)/t12-,15-,16-/m0/s1. The Kier molecular flexibility index (Phi) is 10.3. The molecule has 12 heteroatoms. The van der Waals surface area contributed by atoms with Crippen molar-refractivity contribution in [2.75, 3.05) is 6.54 Å². The van der Waals surface area contributed by atoms with Gasteiger partial charge in [0.05, 0.1) is 0 Å². The fourth-order valence-electron chi connectivity index (χ4n) is 2.36. The third-order valence-corrected chi connectivity index (χ3v) is 3.93. The molecule has 0 saturated carbocycles. The lowest BCUT2D eigenvalue weighted by molar-refractivity contribution is -0.149. The van der Waals surface area contributed by atoms with E-state index in [9.17, 15) is 29.1 Å². The number of benzene rings is 1. The molecule has 12 nitrogen and oxygen atoms in total. The molecular weight excluding hydrogens is 436 g/mol. The summed E-state index contributed by atoms with van der Waals surface area (Å²) in [5.41, 5.74) is 4.98. The first-order valence-electron chi connectivity index (χ1n) is 10.0. The third-order valence-electron chi connectivity index (χ3n) is 3.93. The predicted molar refractivity (Wildman–Crippen MR) is 115 cm³/mol. The van der Waals surface area contributed by atoms with E-state index in [0.29, 0.717) is 0 Å². The van der Waals surface area contributed by atoms with Crippen LogP contribution in [0.1, 0.15) is 33.3 Å². The van der Waals surface area contributed by atoms with E-state index in [1.165, 1.54) is 6.92 Å². The van der Waals surface area contributed by atoms with Crippen molar-refractivity contribution in [3.8, 4) is 0 Å². The smallest absolute Gasteiger partial charge is 0.408 e. The van der Waals surface area contributed by atoms with Gasteiger partial charge < -0.3 is 36.3 Å². The lowest BCUT2D eigenvalue weighted by atomic mass is 10.1. The third kappa shape index (κ3) is 10.5. The molecule has 0 saturated heterocycles. The molecule has 0 heterocycles. The van der Waals surface area contributed by atoms with Crippen LogP contribution in [-0.4, -0.2) is 65.2 Å². The van der Waals surface area contributed by atoms with Crippen molar-refractivity contribution in [2.45, 2.75) is 58.1 Å². The first-order chi connectivity index (χ1) is 15.3. The summed E-state index contributed by atoms with van der Waals surface area (Å²) < 4.78 is 10.1. The van der Waals surface area contributed by atoms with Crippen molar-refractivity contribution >= 4 is 29.8 Å². The number of primary amides is 1. The number of ether oxygens (including phenoxy) is 2. The van der Waals surface area contributed by atoms with Crippen LogP contribution in [0.15, 0.2) is 30.3 Å². The molecule has 182 valence electrons. The van der Waals surface area contributed by atoms with Crippen molar-refractivity contribution in [3.05, 3.63) is 35.9 Å². The van der Waals surface area contributed by atoms with E-state index < -0.39 is 60.1 Å². The minimum Gasteiger partial charge on any atom is -0.459 e. The second-order valence-corrected chi connectivity index (χ2v) is 8.07. The summed E-state index contributed by atoms with van der Waals surface area (Å²) in [6.45, 7) is 5.57. The number of esters is 1. The summed E-state index contributed by atoms with van der Waals surface area (Å²) in [4.78, 5) is 59.8. The highest BCUT2D eigenvalue weighted by molar-refractivity contribution is 5.96. The number of hydrogen-bond donors (Lipinski definition) is 5. The minimum atomic E-state index is -2.09. The molecule has 1 aromatic rings. The van der Waals surface area contributed by atoms with Crippen molar-refractivity contribution < 1.29 is 38.6 Å². The average Bonchev–Trinajstić information content (AvgIpc) is 2.73. The maximum atomic E-state index is 12.5. The van der Waals surface area contributed by atoms with Crippen LogP contribution in [-0.2, 0) is 35.3 Å². The summed E-state index contributed by atoms with van der Waals surface area (Å²) in [6.07, 6.45) is -2.98. The molecule has 0 fully saturated rings. The van der Waals surface area contributed by atoms with Gasteiger partial charge in [-0.15, -0.1) is 0 Å². The lowest BCUT2D eigenvalue weighted by Gasteiger charge is -2.23. The molecule has 6 N–H and O–H groups in total. The van der Waals surface area contributed by atoms with Crippen LogP contribution in [0, 0.1) is 0 Å². The van der Waals surface area contributed by atoms with E-state index in [4.69, 9.17) is 15.2 Å². The molecule has 4 amide bonds. The van der Waals surface area contributed by atoms with Gasteiger partial charge in [-0.25, -0.2) is 9.59 Å². The van der Waals surface area contributed by atoms with E-state index >= 15 is 0 Å². The van der Waals surface area contributed by atoms with Crippen LogP contribution in [0.5, 0.6) is 0 Å². The van der Waals surface area contributed by atoms with Crippen molar-refractivity contribution in [3.63, 3.8) is 0 Å². The summed E-state index contributed by atoms with van der Waals surface area (Å²) in [5, 5.41) is 16.5. The highest BCUT2D eigenvalue weighted by Crippen LogP contribution is 2.06. The average molecular weight is 466 g/mol. The molecule has 33 heavy (non-hydrogen) atoms. The lowest BCUT2D eigenvalue weighted by Crippen LogP contribution is -2.60. The first kappa shape index (κ1) is 27.4. The normalized spacial score (nSPS) is 13.6. The summed E-state index contributed by atoms with van der Waals surface area (Å²) in [7, 11) is 0. The van der Waals surface area contributed by atoms with Crippen LogP contribution < -0.4 is 21.7 Å². The molecule has 0 radical (unpaired) electrons. The predicted octanol–water partition coefficient (Wildman–Crippen LogP) is -0.910. The van der Waals surface area contributed by atoms with E-state index in [1.54, 1.807) is 51.1 Å². The maximum absolute atomic E-state index is 12.5. The Labute approximate surface area is 191 Å². The fraction of sp³-hybridized carbons (Fsp3) is 0.476. The SMILES string of the molecule is C[C@H](NC(=O)[C@@H](NC(=O)CNC(=O)OC(C)(C)C)[C@H](O)C(N)=O)C(=O)OCc1ccccc1. The molecule has 0 aromatic heterocycles. The number of aliphatic hydroxyl groups excluding tert-OH is 1. The second-order valence-electron chi connectivity index (χ2n) is 8.07. The number of nitrogens with two attached hydrogens (primary N) is 1. The van der Waals surface area contributed by atoms with Crippen LogP contribution >= 0.6 is 0 Å². The number of aliphatic hydroxyl groups is 1. The molecule has 3 atom stereocenters. The Morgan fingerprint density at radius 2 is 1.67 bits per heavy atom. The van der Waals surface area contributed by atoms with Gasteiger partial charge in [-0.05, 0) is 33.3 Å². The van der Waals surface area contributed by atoms with E-state index in [-0.39, 0.29) is 6.61 Å². The zero-order valence-corrected chi connectivity index (χ0v) is 18.9. The zero-order valence-electron chi connectivity index (χ0n) is 18.9. The highest BCUT2D eigenvalue weighted by Gasteiger charge is 2.34. The molecular formula is C21H30N4O8. The molecule has 0 unspecified atom stereocenters. The van der Waals surface area contributed by atoms with Gasteiger partial charge in [0, 0.05) is 0 Å². The van der Waals surface area contributed by atoms with Gasteiger partial charge in [0.25, 0.3) is 0 Å². The zero-order chi connectivity index (χ0) is 25.2. The Bertz CT molecular complexity index is 854. The van der Waals surface area contributed by atoms with Crippen molar-refractivity contribution in [1.82, 2.24) is 16.0 Å². The van der Waals surface area contributed by atoms with Gasteiger partial charge in [0.15, 0.2) is 6.10 Å². The van der Waals surface area contributed by atoms with Crippen molar-refractivity contribution in [2.24, 2.45) is 5.73 Å². The van der Waals surface area contributed by atoms with Gasteiger partial charge in [0.2, 0.25) is 17.7 Å². The summed E-state index contributed by atoms with van der Waals surface area (Å²) in [5.74, 6) is -4.04. The van der Waals surface area contributed by atoms with Gasteiger partial charge in [0.1, 0.15) is 30.8 Å².